The number of piperidine rings is 1. The van der Waals surface area contributed by atoms with E-state index in [0.717, 1.165) is 6.42 Å². The van der Waals surface area contributed by atoms with Crippen LogP contribution in [0.2, 0.25) is 0 Å². The molecule has 4 heterocycles. The van der Waals surface area contributed by atoms with Gasteiger partial charge in [-0.3, -0.25) is 4.90 Å². The number of hydrogen-bond acceptors (Lipinski definition) is 8. The predicted octanol–water partition coefficient (Wildman–Crippen LogP) is 5.45. The molecule has 5 rings (SSSR count). The number of ether oxygens (including phenoxy) is 2. The van der Waals surface area contributed by atoms with Gasteiger partial charge in [-0.25, -0.2) is 9.78 Å². The number of fused-ring (bicyclic) bond motifs is 3. The van der Waals surface area contributed by atoms with E-state index >= 15 is 0 Å². The highest BCUT2D eigenvalue weighted by atomic mass is 32.1. The predicted molar refractivity (Wildman–Crippen MR) is 125 cm³/mol. The molecule has 0 saturated carbocycles. The summed E-state index contributed by atoms with van der Waals surface area (Å²) in [5, 5.41) is 12.0. The van der Waals surface area contributed by atoms with Crippen LogP contribution in [-0.4, -0.2) is 64.7 Å². The second-order valence-electron chi connectivity index (χ2n) is 9.41. The van der Waals surface area contributed by atoms with Gasteiger partial charge in [-0.15, -0.1) is 24.5 Å². The molecule has 2 fully saturated rings. The molecule has 1 amide bonds. The van der Waals surface area contributed by atoms with E-state index in [1.54, 1.807) is 30.3 Å². The lowest BCUT2D eigenvalue weighted by molar-refractivity contribution is -0.274. The molecule has 3 aromatic rings. The Kier molecular flexibility index (Phi) is 6.02. The lowest BCUT2D eigenvalue weighted by Gasteiger charge is -2.48. The van der Waals surface area contributed by atoms with Crippen molar-refractivity contribution in [2.45, 2.75) is 57.2 Å². The fourth-order valence-corrected chi connectivity index (χ4v) is 5.70. The normalized spacial score (nSPS) is 20.7. The topological polar surface area (TPSA) is 101 Å². The van der Waals surface area contributed by atoms with Crippen LogP contribution in [-0.2, 0) is 10.3 Å². The molecule has 9 nitrogen and oxygen atoms in total. The van der Waals surface area contributed by atoms with Gasteiger partial charge in [-0.2, -0.15) is 4.98 Å². The van der Waals surface area contributed by atoms with Gasteiger partial charge < -0.3 is 23.9 Å². The molecular weight excluding hydrogens is 501 g/mol. The maximum absolute atomic E-state index is 13.5. The third kappa shape index (κ3) is 4.34. The monoisotopic (exact) mass is 526 g/mol. The van der Waals surface area contributed by atoms with E-state index in [2.05, 4.69) is 14.7 Å². The lowest BCUT2D eigenvalue weighted by atomic mass is 9.92. The van der Waals surface area contributed by atoms with Gasteiger partial charge in [0.1, 0.15) is 5.01 Å². The van der Waals surface area contributed by atoms with E-state index < -0.39 is 23.8 Å². The number of piperazine rings is 1. The Labute approximate surface area is 208 Å². The summed E-state index contributed by atoms with van der Waals surface area (Å²) in [6, 6.07) is 1.15. The average Bonchev–Trinajstić information content (AvgIpc) is 3.48. The molecule has 2 unspecified atom stereocenters. The zero-order chi connectivity index (χ0) is 25.8. The number of halogens is 3. The Morgan fingerprint density at radius 1 is 1.25 bits per heavy atom. The molecule has 0 radical (unpaired) electrons. The zero-order valence-electron chi connectivity index (χ0n) is 19.8. The largest absolute Gasteiger partial charge is 0.573 e. The number of carboxylic acid groups (broad SMARTS) is 1. The molecular formula is C23H25F3N4O5S. The summed E-state index contributed by atoms with van der Waals surface area (Å²) in [5.74, 6) is -0.496. The number of anilines is 1. The summed E-state index contributed by atoms with van der Waals surface area (Å²) in [5.41, 5.74) is -0.517. The molecule has 2 aliphatic rings. The van der Waals surface area contributed by atoms with E-state index in [0.29, 0.717) is 36.5 Å². The van der Waals surface area contributed by atoms with Crippen molar-refractivity contribution in [2.75, 3.05) is 25.1 Å². The Hall–Kier alpha value is -3.06. The first-order valence-electron chi connectivity index (χ1n) is 11.4. The van der Waals surface area contributed by atoms with Crippen molar-refractivity contribution < 1.29 is 37.0 Å². The highest BCUT2D eigenvalue weighted by Gasteiger charge is 2.43. The average molecular weight is 527 g/mol. The maximum Gasteiger partial charge on any atom is 0.573 e. The van der Waals surface area contributed by atoms with Gasteiger partial charge in [0.15, 0.2) is 16.8 Å². The lowest BCUT2D eigenvalue weighted by Crippen LogP contribution is -2.62. The van der Waals surface area contributed by atoms with Crippen molar-refractivity contribution >= 4 is 34.5 Å². The number of benzene rings is 1. The molecule has 1 N–H and O–H groups in total. The van der Waals surface area contributed by atoms with Crippen molar-refractivity contribution in [3.63, 3.8) is 0 Å². The van der Waals surface area contributed by atoms with Gasteiger partial charge >= 0.3 is 12.5 Å². The number of thiazole rings is 1. The van der Waals surface area contributed by atoms with Crippen LogP contribution in [0.3, 0.4) is 0 Å². The highest BCUT2D eigenvalue weighted by Crippen LogP contribution is 2.46. The third-order valence-electron chi connectivity index (χ3n) is 6.86. The zero-order valence-corrected chi connectivity index (χ0v) is 20.6. The minimum Gasteiger partial charge on any atom is -0.465 e. The Bertz CT molecular complexity index is 1260. The van der Waals surface area contributed by atoms with Crippen LogP contribution in [0.5, 0.6) is 5.75 Å². The van der Waals surface area contributed by atoms with Gasteiger partial charge in [0.25, 0.3) is 6.01 Å². The fourth-order valence-electron chi connectivity index (χ4n) is 5.05. The number of methoxy groups -OCH3 is 1. The summed E-state index contributed by atoms with van der Waals surface area (Å²) in [4.78, 5) is 23.9. The molecule has 0 aliphatic carbocycles. The first-order valence-corrected chi connectivity index (χ1v) is 12.3. The van der Waals surface area contributed by atoms with Gasteiger partial charge in [0.2, 0.25) is 0 Å². The summed E-state index contributed by atoms with van der Waals surface area (Å²) in [6.45, 7) is 3.93. The first kappa shape index (κ1) is 24.6. The molecule has 13 heteroatoms. The Balaban J connectivity index is 1.68. The fraction of sp³-hybridized carbons (Fsp3) is 0.522. The number of rotatable bonds is 5. The van der Waals surface area contributed by atoms with E-state index in [1.807, 2.05) is 0 Å². The number of nitrogens with zero attached hydrogens (tertiary/aromatic N) is 4. The van der Waals surface area contributed by atoms with Crippen LogP contribution >= 0.6 is 11.3 Å². The van der Waals surface area contributed by atoms with Crippen molar-refractivity contribution in [1.82, 2.24) is 14.9 Å². The molecule has 0 spiro atoms. The number of amides is 1. The van der Waals surface area contributed by atoms with E-state index in [-0.39, 0.29) is 34.8 Å². The summed E-state index contributed by atoms with van der Waals surface area (Å²) in [7, 11) is 1.40. The van der Waals surface area contributed by atoms with Crippen LogP contribution in [0.25, 0.3) is 21.7 Å². The standard InChI is InChI=1S/C23H25F3N4O5S/c1-22(2,33-3)15-9-14(19-27-7-8-36-19)17-16(18(15)35-23(24,25)26)28-20(34-17)29-10-12-5-4-6-13(11-29)30(12)21(31)32/h7-9,12-13H,4-6,10-11H2,1-3H3,(H,31,32). The minimum absolute atomic E-state index is 0.0963. The molecule has 194 valence electrons. The van der Waals surface area contributed by atoms with Crippen molar-refractivity contribution in [1.29, 1.82) is 0 Å². The summed E-state index contributed by atoms with van der Waals surface area (Å²) < 4.78 is 56.8. The highest BCUT2D eigenvalue weighted by molar-refractivity contribution is 7.13. The smallest absolute Gasteiger partial charge is 0.465 e. The van der Waals surface area contributed by atoms with Gasteiger partial charge in [-0.1, -0.05) is 0 Å². The second kappa shape index (κ2) is 8.80. The Morgan fingerprint density at radius 3 is 2.50 bits per heavy atom. The number of aromatic nitrogens is 2. The van der Waals surface area contributed by atoms with E-state index in [9.17, 15) is 23.1 Å². The molecule has 1 aromatic carbocycles. The van der Waals surface area contributed by atoms with Crippen molar-refractivity contribution in [3.8, 4) is 16.3 Å². The van der Waals surface area contributed by atoms with Crippen molar-refractivity contribution in [3.05, 3.63) is 23.2 Å². The van der Waals surface area contributed by atoms with Crippen LogP contribution in [0.4, 0.5) is 24.0 Å². The third-order valence-corrected chi connectivity index (χ3v) is 7.67. The molecule has 2 aromatic heterocycles. The van der Waals surface area contributed by atoms with Crippen LogP contribution in [0.15, 0.2) is 22.1 Å². The molecule has 36 heavy (non-hydrogen) atoms. The van der Waals surface area contributed by atoms with Crippen LogP contribution in [0.1, 0.15) is 38.7 Å². The SMILES string of the molecule is COC(C)(C)c1cc(-c2nccs2)c2oc(N3CC4CCCC(C3)N4C(=O)O)nc2c1OC(F)(F)F. The van der Waals surface area contributed by atoms with Gasteiger partial charge in [0.05, 0.1) is 23.2 Å². The summed E-state index contributed by atoms with van der Waals surface area (Å²) in [6.07, 6.45) is -2.06. The molecule has 2 saturated heterocycles. The van der Waals surface area contributed by atoms with Crippen LogP contribution in [0, 0.1) is 0 Å². The van der Waals surface area contributed by atoms with E-state index in [1.165, 1.54) is 29.4 Å². The van der Waals surface area contributed by atoms with Gasteiger partial charge in [-0.05, 0) is 39.2 Å². The maximum atomic E-state index is 13.5. The van der Waals surface area contributed by atoms with E-state index in [4.69, 9.17) is 9.15 Å². The van der Waals surface area contributed by atoms with Gasteiger partial charge in [0, 0.05) is 37.3 Å². The quantitative estimate of drug-likeness (QED) is 0.468. The Morgan fingerprint density at radius 2 is 1.94 bits per heavy atom. The molecule has 2 bridgehead atoms. The minimum atomic E-state index is -4.97. The second-order valence-corrected chi connectivity index (χ2v) is 10.3. The number of alkyl halides is 3. The molecule has 2 aliphatic heterocycles. The first-order chi connectivity index (χ1) is 17.0. The number of hydrogen-bond donors (Lipinski definition) is 1. The number of carbonyl (C=O) groups is 1. The molecule has 2 atom stereocenters. The summed E-state index contributed by atoms with van der Waals surface area (Å²) >= 11 is 1.31. The van der Waals surface area contributed by atoms with Crippen molar-refractivity contribution in [2.24, 2.45) is 0 Å². The van der Waals surface area contributed by atoms with Crippen LogP contribution < -0.4 is 9.64 Å². The number of oxazole rings is 1.